The van der Waals surface area contributed by atoms with Crippen molar-refractivity contribution in [1.29, 1.82) is 5.26 Å². The number of alkyl halides is 3. The van der Waals surface area contributed by atoms with Gasteiger partial charge in [0, 0.05) is 27.1 Å². The van der Waals surface area contributed by atoms with Crippen LogP contribution in [-0.2, 0) is 6.18 Å². The molecule has 0 atom stereocenters. The average Bonchev–Trinajstić information content (AvgIpc) is 3.60. The van der Waals surface area contributed by atoms with Crippen LogP contribution in [-0.4, -0.2) is 9.13 Å². The molecule has 48 heavy (non-hydrogen) atoms. The van der Waals surface area contributed by atoms with Gasteiger partial charge >= 0.3 is 6.18 Å². The summed E-state index contributed by atoms with van der Waals surface area (Å²) in [6.07, 6.45) is -4.60. The summed E-state index contributed by atoms with van der Waals surface area (Å²) in [6.45, 7) is 8.08. The number of fused-ring (bicyclic) bond motifs is 6. The Bertz CT molecular complexity index is 2540. The van der Waals surface area contributed by atoms with E-state index < -0.39 is 11.7 Å². The third-order valence-electron chi connectivity index (χ3n) is 9.66. The molecule has 2 aromatic heterocycles. The molecule has 0 aliphatic rings. The van der Waals surface area contributed by atoms with Crippen LogP contribution in [0.4, 0.5) is 13.2 Å². The maximum Gasteiger partial charge on any atom is 0.417 e. The van der Waals surface area contributed by atoms with Gasteiger partial charge in [0.2, 0.25) is 0 Å². The molecular formula is C42H30F3N3. The molecule has 0 fully saturated rings. The van der Waals surface area contributed by atoms with Gasteiger partial charge in [0.05, 0.1) is 44.6 Å². The number of nitrogens with zero attached hydrogens (tertiary/aromatic N) is 3. The lowest BCUT2D eigenvalue weighted by Gasteiger charge is -2.22. The van der Waals surface area contributed by atoms with E-state index in [2.05, 4.69) is 27.3 Å². The van der Waals surface area contributed by atoms with Gasteiger partial charge in [-0.1, -0.05) is 91.0 Å². The highest BCUT2D eigenvalue weighted by atomic mass is 19.4. The normalized spacial score (nSPS) is 12.0. The number of hydrogen-bond donors (Lipinski definition) is 0. The first kappa shape index (κ1) is 29.6. The maximum atomic E-state index is 14.8. The first-order valence-electron chi connectivity index (χ1n) is 15.8. The Morgan fingerprint density at radius 3 is 1.33 bits per heavy atom. The summed E-state index contributed by atoms with van der Waals surface area (Å²) in [5.74, 6) is 0. The number of hydrogen-bond acceptors (Lipinski definition) is 1. The van der Waals surface area contributed by atoms with Crippen LogP contribution in [0.15, 0.2) is 109 Å². The predicted octanol–water partition coefficient (Wildman–Crippen LogP) is 11.7. The fourth-order valence-electron chi connectivity index (χ4n) is 7.62. The number of halogens is 3. The topological polar surface area (TPSA) is 33.6 Å². The molecule has 0 radical (unpaired) electrons. The summed E-state index contributed by atoms with van der Waals surface area (Å²) in [7, 11) is 0. The van der Waals surface area contributed by atoms with Crippen molar-refractivity contribution in [3.63, 3.8) is 0 Å². The van der Waals surface area contributed by atoms with Crippen molar-refractivity contribution >= 4 is 43.6 Å². The van der Waals surface area contributed by atoms with Gasteiger partial charge in [-0.3, -0.25) is 0 Å². The van der Waals surface area contributed by atoms with E-state index in [1.165, 1.54) is 12.1 Å². The third-order valence-corrected chi connectivity index (χ3v) is 9.66. The molecule has 6 heteroatoms. The number of para-hydroxylation sites is 4. The van der Waals surface area contributed by atoms with Crippen LogP contribution in [0.5, 0.6) is 0 Å². The van der Waals surface area contributed by atoms with Crippen LogP contribution in [0.25, 0.3) is 66.1 Å². The van der Waals surface area contributed by atoms with E-state index >= 15 is 0 Å². The average molecular weight is 634 g/mol. The van der Waals surface area contributed by atoms with Crippen LogP contribution in [0.2, 0.25) is 0 Å². The Hall–Kier alpha value is -5.80. The summed E-state index contributed by atoms with van der Waals surface area (Å²) < 4.78 is 48.6. The Morgan fingerprint density at radius 1 is 0.500 bits per heavy atom. The molecule has 0 aliphatic carbocycles. The summed E-state index contributed by atoms with van der Waals surface area (Å²) in [6, 6.07) is 36.1. The van der Waals surface area contributed by atoms with Gasteiger partial charge in [-0.25, -0.2) is 0 Å². The molecule has 0 spiro atoms. The lowest BCUT2D eigenvalue weighted by molar-refractivity contribution is -0.137. The molecular weight excluding hydrogens is 603 g/mol. The minimum Gasteiger partial charge on any atom is -0.308 e. The van der Waals surface area contributed by atoms with Crippen molar-refractivity contribution in [2.45, 2.75) is 33.9 Å². The van der Waals surface area contributed by atoms with E-state index in [9.17, 15) is 18.4 Å². The fraction of sp³-hybridized carbons (Fsp3) is 0.119. The highest BCUT2D eigenvalue weighted by Gasteiger charge is 2.35. The van der Waals surface area contributed by atoms with Crippen molar-refractivity contribution in [3.05, 3.63) is 143 Å². The van der Waals surface area contributed by atoms with Gasteiger partial charge in [-0.05, 0) is 73.7 Å². The number of benzene rings is 6. The van der Waals surface area contributed by atoms with Crippen LogP contribution in [0.3, 0.4) is 0 Å². The summed E-state index contributed by atoms with van der Waals surface area (Å²) in [5.41, 5.74) is 8.72. The van der Waals surface area contributed by atoms with Gasteiger partial charge in [-0.15, -0.1) is 0 Å². The van der Waals surface area contributed by atoms with Crippen molar-refractivity contribution in [2.75, 3.05) is 0 Å². The van der Waals surface area contributed by atoms with Crippen LogP contribution in [0, 0.1) is 39.0 Å². The molecule has 0 unspecified atom stereocenters. The standard InChI is InChI=1S/C42H30F3N3/c1-24-11-7-16-30-31-17-8-12-25(2)39(31)47(38(24)30)36-22-34(29-15-5-6-20-35(29)42(43,44)45)37(21-28(36)23-46)48-40-26(3)13-9-18-32(40)33-19-10-14-27(4)41(33)48/h5-22H,1-4H3. The molecule has 2 heterocycles. The van der Waals surface area contributed by atoms with Gasteiger partial charge < -0.3 is 9.13 Å². The summed E-state index contributed by atoms with van der Waals surface area (Å²) in [4.78, 5) is 0. The minimum absolute atomic E-state index is 0.0529. The Labute approximate surface area is 275 Å². The van der Waals surface area contributed by atoms with Gasteiger partial charge in [0.25, 0.3) is 0 Å². The first-order valence-corrected chi connectivity index (χ1v) is 15.8. The molecule has 8 aromatic rings. The molecule has 234 valence electrons. The molecule has 0 bridgehead atoms. The van der Waals surface area contributed by atoms with Crippen LogP contribution >= 0.6 is 0 Å². The van der Waals surface area contributed by atoms with E-state index in [4.69, 9.17) is 0 Å². The molecule has 0 saturated carbocycles. The van der Waals surface area contributed by atoms with E-state index in [1.807, 2.05) is 88.4 Å². The maximum absolute atomic E-state index is 14.8. The lowest BCUT2D eigenvalue weighted by Crippen LogP contribution is -2.10. The number of rotatable bonds is 3. The van der Waals surface area contributed by atoms with Crippen molar-refractivity contribution in [1.82, 2.24) is 9.13 Å². The zero-order valence-electron chi connectivity index (χ0n) is 26.9. The van der Waals surface area contributed by atoms with E-state index in [0.717, 1.165) is 71.9 Å². The monoisotopic (exact) mass is 633 g/mol. The van der Waals surface area contributed by atoms with Gasteiger partial charge in [0.15, 0.2) is 0 Å². The van der Waals surface area contributed by atoms with E-state index in [0.29, 0.717) is 22.5 Å². The van der Waals surface area contributed by atoms with Crippen LogP contribution < -0.4 is 0 Å². The smallest absolute Gasteiger partial charge is 0.308 e. The van der Waals surface area contributed by atoms with Crippen molar-refractivity contribution < 1.29 is 13.2 Å². The second-order valence-electron chi connectivity index (χ2n) is 12.6. The summed E-state index contributed by atoms with van der Waals surface area (Å²) in [5, 5.41) is 14.9. The minimum atomic E-state index is -4.60. The zero-order valence-corrected chi connectivity index (χ0v) is 26.9. The molecule has 8 rings (SSSR count). The second-order valence-corrected chi connectivity index (χ2v) is 12.6. The molecule has 0 N–H and O–H groups in total. The van der Waals surface area contributed by atoms with Gasteiger partial charge in [0.1, 0.15) is 6.07 Å². The Balaban J connectivity index is 1.61. The van der Waals surface area contributed by atoms with E-state index in [-0.39, 0.29) is 5.56 Å². The molecule has 0 saturated heterocycles. The molecule has 6 aromatic carbocycles. The second kappa shape index (κ2) is 10.6. The number of aromatic nitrogens is 2. The quantitative estimate of drug-likeness (QED) is 0.191. The van der Waals surface area contributed by atoms with E-state index in [1.54, 1.807) is 18.2 Å². The lowest BCUT2D eigenvalue weighted by atomic mass is 9.94. The molecule has 3 nitrogen and oxygen atoms in total. The Morgan fingerprint density at radius 2 is 0.917 bits per heavy atom. The fourth-order valence-corrected chi connectivity index (χ4v) is 7.62. The van der Waals surface area contributed by atoms with Crippen molar-refractivity contribution in [2.24, 2.45) is 0 Å². The highest BCUT2D eigenvalue weighted by molar-refractivity contribution is 6.13. The van der Waals surface area contributed by atoms with Crippen molar-refractivity contribution in [3.8, 4) is 28.6 Å². The molecule has 0 amide bonds. The SMILES string of the molecule is Cc1cccc2c3cccc(C)c3n(-c3cc(-c4ccccc4C(F)(F)F)c(-n4c5c(C)cccc5c5cccc(C)c54)cc3C#N)c12. The number of nitriles is 1. The first-order chi connectivity index (χ1) is 23.1. The summed E-state index contributed by atoms with van der Waals surface area (Å²) >= 11 is 0. The molecule has 0 aliphatic heterocycles. The largest absolute Gasteiger partial charge is 0.417 e. The van der Waals surface area contributed by atoms with Gasteiger partial charge in [-0.2, -0.15) is 18.4 Å². The third kappa shape index (κ3) is 4.21. The number of aryl methyl sites for hydroxylation is 4. The Kier molecular flexibility index (Phi) is 6.54. The highest BCUT2D eigenvalue weighted by Crippen LogP contribution is 2.45. The predicted molar refractivity (Wildman–Crippen MR) is 189 cm³/mol. The van der Waals surface area contributed by atoms with Crippen LogP contribution in [0.1, 0.15) is 33.4 Å². The zero-order chi connectivity index (χ0) is 33.5.